The summed E-state index contributed by atoms with van der Waals surface area (Å²) < 4.78 is 7.17. The molecule has 134 valence electrons. The molecule has 0 radical (unpaired) electrons. The van der Waals surface area contributed by atoms with Crippen LogP contribution in [0.2, 0.25) is 0 Å². The molecule has 0 N–H and O–H groups in total. The van der Waals surface area contributed by atoms with Gasteiger partial charge in [0.2, 0.25) is 5.91 Å². The third-order valence-corrected chi connectivity index (χ3v) is 3.97. The van der Waals surface area contributed by atoms with Gasteiger partial charge in [0.25, 0.3) is 0 Å². The van der Waals surface area contributed by atoms with E-state index in [1.807, 2.05) is 34.0 Å². The molecule has 1 aliphatic rings. The van der Waals surface area contributed by atoms with Crippen molar-refractivity contribution in [1.82, 2.24) is 19.6 Å². The van der Waals surface area contributed by atoms with E-state index in [1.165, 1.54) is 0 Å². The van der Waals surface area contributed by atoms with Gasteiger partial charge in [-0.1, -0.05) is 0 Å². The number of rotatable bonds is 3. The molecule has 7 heteroatoms. The monoisotopic (exact) mass is 336 g/mol. The lowest BCUT2D eigenvalue weighted by atomic mass is 10.0. The van der Waals surface area contributed by atoms with Gasteiger partial charge in [-0.25, -0.2) is 4.79 Å². The lowest BCUT2D eigenvalue weighted by Crippen LogP contribution is -2.53. The second-order valence-electron chi connectivity index (χ2n) is 7.40. The number of nitrogens with zero attached hydrogens (tertiary/aromatic N) is 4. The molecule has 1 aromatic rings. The largest absolute Gasteiger partial charge is 0.444 e. The highest BCUT2D eigenvalue weighted by Crippen LogP contribution is 2.22. The van der Waals surface area contributed by atoms with Gasteiger partial charge in [0.05, 0.1) is 6.20 Å². The summed E-state index contributed by atoms with van der Waals surface area (Å²) >= 11 is 0. The van der Waals surface area contributed by atoms with Crippen LogP contribution in [0.5, 0.6) is 0 Å². The number of amides is 2. The molecule has 1 aliphatic heterocycles. The molecule has 1 aromatic heterocycles. The average Bonchev–Trinajstić information content (AvgIpc) is 2.89. The number of aromatic nitrogens is 2. The van der Waals surface area contributed by atoms with Gasteiger partial charge in [0.15, 0.2) is 0 Å². The molecule has 0 bridgehead atoms. The van der Waals surface area contributed by atoms with E-state index in [9.17, 15) is 9.59 Å². The van der Waals surface area contributed by atoms with Gasteiger partial charge in [-0.05, 0) is 40.0 Å². The normalized spacial score (nSPS) is 18.4. The molecular weight excluding hydrogens is 308 g/mol. The molecule has 1 fully saturated rings. The first kappa shape index (κ1) is 18.3. The zero-order valence-corrected chi connectivity index (χ0v) is 15.3. The molecule has 0 spiro atoms. The van der Waals surface area contributed by atoms with E-state index in [2.05, 4.69) is 5.10 Å². The second kappa shape index (κ2) is 7.23. The van der Waals surface area contributed by atoms with Crippen LogP contribution in [0.25, 0.3) is 0 Å². The summed E-state index contributed by atoms with van der Waals surface area (Å²) in [5.41, 5.74) is 0.400. The zero-order chi connectivity index (χ0) is 17.9. The second-order valence-corrected chi connectivity index (χ2v) is 7.40. The summed E-state index contributed by atoms with van der Waals surface area (Å²) in [4.78, 5) is 28.5. The Morgan fingerprint density at radius 3 is 2.67 bits per heavy atom. The summed E-state index contributed by atoms with van der Waals surface area (Å²) in [7, 11) is 3.61. The quantitative estimate of drug-likeness (QED) is 0.848. The average molecular weight is 336 g/mol. The van der Waals surface area contributed by atoms with E-state index in [0.717, 1.165) is 18.4 Å². The number of carbonyl (C=O) groups excluding carboxylic acids is 2. The molecule has 1 saturated heterocycles. The van der Waals surface area contributed by atoms with Gasteiger partial charge in [-0.2, -0.15) is 5.10 Å². The molecule has 7 nitrogen and oxygen atoms in total. The van der Waals surface area contributed by atoms with Crippen molar-refractivity contribution < 1.29 is 14.3 Å². The van der Waals surface area contributed by atoms with Crippen LogP contribution in [0, 0.1) is 0 Å². The first-order valence-corrected chi connectivity index (χ1v) is 8.39. The van der Waals surface area contributed by atoms with Crippen LogP contribution in [0.15, 0.2) is 12.4 Å². The van der Waals surface area contributed by atoms with Crippen molar-refractivity contribution in [2.45, 2.75) is 58.2 Å². The fourth-order valence-corrected chi connectivity index (χ4v) is 2.89. The highest BCUT2D eigenvalue weighted by atomic mass is 16.6. The van der Waals surface area contributed by atoms with E-state index >= 15 is 0 Å². The predicted octanol–water partition coefficient (Wildman–Crippen LogP) is 2.17. The molecule has 0 aliphatic carbocycles. The highest BCUT2D eigenvalue weighted by molar-refractivity contribution is 5.85. The van der Waals surface area contributed by atoms with Gasteiger partial charge in [-0.15, -0.1) is 0 Å². The van der Waals surface area contributed by atoms with E-state index in [-0.39, 0.29) is 5.91 Å². The van der Waals surface area contributed by atoms with Crippen molar-refractivity contribution in [2.75, 3.05) is 13.6 Å². The van der Waals surface area contributed by atoms with Crippen molar-refractivity contribution in [2.24, 2.45) is 7.05 Å². The highest BCUT2D eigenvalue weighted by Gasteiger charge is 2.36. The molecular formula is C17H28N4O3. The smallest absolute Gasteiger partial charge is 0.410 e. The molecule has 2 rings (SSSR count). The maximum atomic E-state index is 12.8. The van der Waals surface area contributed by atoms with Gasteiger partial charge in [0, 0.05) is 38.9 Å². The molecule has 24 heavy (non-hydrogen) atoms. The predicted molar refractivity (Wildman–Crippen MR) is 90.3 cm³/mol. The topological polar surface area (TPSA) is 67.7 Å². The minimum absolute atomic E-state index is 0.0515. The Kier molecular flexibility index (Phi) is 5.51. The van der Waals surface area contributed by atoms with Crippen LogP contribution in [0.4, 0.5) is 4.79 Å². The summed E-state index contributed by atoms with van der Waals surface area (Å²) in [6.07, 6.45) is 5.74. The first-order valence-electron chi connectivity index (χ1n) is 8.39. The minimum Gasteiger partial charge on any atom is -0.444 e. The molecule has 1 atom stereocenters. The number of carbonyl (C=O) groups is 2. The lowest BCUT2D eigenvalue weighted by molar-refractivity contribution is -0.137. The summed E-state index contributed by atoms with van der Waals surface area (Å²) in [5, 5.41) is 4.12. The Labute approximate surface area is 143 Å². The number of aryl methyl sites for hydroxylation is 1. The molecule has 2 amide bonds. The first-order chi connectivity index (χ1) is 11.2. The third kappa shape index (κ3) is 4.72. The van der Waals surface area contributed by atoms with Gasteiger partial charge >= 0.3 is 6.09 Å². The fourth-order valence-electron chi connectivity index (χ4n) is 2.89. The third-order valence-electron chi connectivity index (χ3n) is 3.97. The van der Waals surface area contributed by atoms with Crippen LogP contribution in [0.1, 0.15) is 45.6 Å². The van der Waals surface area contributed by atoms with Crippen molar-refractivity contribution in [1.29, 1.82) is 0 Å². The van der Waals surface area contributed by atoms with E-state index < -0.39 is 17.7 Å². The number of ether oxygens (including phenoxy) is 1. The number of hydrogen-bond donors (Lipinski definition) is 0. The van der Waals surface area contributed by atoms with Gasteiger partial charge in [-0.3, -0.25) is 14.4 Å². The fraction of sp³-hybridized carbons (Fsp3) is 0.706. The summed E-state index contributed by atoms with van der Waals surface area (Å²) in [6, 6.07) is -0.449. The zero-order valence-electron chi connectivity index (χ0n) is 15.3. The standard InChI is InChI=1S/C17H28N4O3/c1-17(2,3)24-16(23)21-9-7-6-8-14(21)15(22)19(4)11-13-10-18-20(5)12-13/h10,12,14H,6-9,11H2,1-5H3/t14-/m1/s1. The lowest BCUT2D eigenvalue weighted by Gasteiger charge is -2.37. The van der Waals surface area contributed by atoms with Crippen molar-refractivity contribution in [3.8, 4) is 0 Å². The Morgan fingerprint density at radius 1 is 1.38 bits per heavy atom. The molecule has 0 aromatic carbocycles. The van der Waals surface area contributed by atoms with Crippen LogP contribution in [0.3, 0.4) is 0 Å². The Morgan fingerprint density at radius 2 is 2.08 bits per heavy atom. The van der Waals surface area contributed by atoms with E-state index in [4.69, 9.17) is 4.74 Å². The summed E-state index contributed by atoms with van der Waals surface area (Å²) in [5.74, 6) is -0.0515. The molecule has 0 unspecified atom stereocenters. The number of likely N-dealkylation sites (tertiary alicyclic amines) is 1. The van der Waals surface area contributed by atoms with Crippen molar-refractivity contribution in [3.05, 3.63) is 18.0 Å². The van der Waals surface area contributed by atoms with Gasteiger partial charge in [0.1, 0.15) is 11.6 Å². The van der Waals surface area contributed by atoms with Crippen LogP contribution in [-0.4, -0.2) is 56.8 Å². The Hall–Kier alpha value is -2.05. The van der Waals surface area contributed by atoms with Gasteiger partial charge < -0.3 is 9.64 Å². The molecule has 2 heterocycles. The van der Waals surface area contributed by atoms with Crippen LogP contribution in [-0.2, 0) is 23.1 Å². The van der Waals surface area contributed by atoms with E-state index in [1.54, 1.807) is 27.7 Å². The summed E-state index contributed by atoms with van der Waals surface area (Å²) in [6.45, 7) is 6.54. The van der Waals surface area contributed by atoms with E-state index in [0.29, 0.717) is 19.5 Å². The number of hydrogen-bond acceptors (Lipinski definition) is 4. The van der Waals surface area contributed by atoms with Crippen LogP contribution < -0.4 is 0 Å². The maximum absolute atomic E-state index is 12.8. The molecule has 0 saturated carbocycles. The SMILES string of the molecule is CN(Cc1cnn(C)c1)C(=O)[C@H]1CCCCN1C(=O)OC(C)(C)C. The maximum Gasteiger partial charge on any atom is 0.410 e. The van der Waals surface area contributed by atoms with Crippen molar-refractivity contribution in [3.63, 3.8) is 0 Å². The Bertz CT molecular complexity index is 591. The number of likely N-dealkylation sites (N-methyl/N-ethyl adjacent to an activating group) is 1. The number of piperidine rings is 1. The Balaban J connectivity index is 2.05. The minimum atomic E-state index is -0.566. The van der Waals surface area contributed by atoms with Crippen LogP contribution >= 0.6 is 0 Å². The van der Waals surface area contributed by atoms with Crippen molar-refractivity contribution >= 4 is 12.0 Å².